The minimum Gasteiger partial charge on any atom is -0.381 e. The number of benzene rings is 1. The average Bonchev–Trinajstić information content (AvgIpc) is 3.58. The number of ether oxygens (including phenoxy) is 1. The van der Waals surface area contributed by atoms with E-state index < -0.39 is 0 Å². The second kappa shape index (κ2) is 11.4. The largest absolute Gasteiger partial charge is 0.381 e. The molecule has 1 amide bonds. The summed E-state index contributed by atoms with van der Waals surface area (Å²) in [5, 5.41) is 10.6. The number of anilines is 1. The lowest BCUT2D eigenvalue weighted by atomic mass is 10.1. The Kier molecular flexibility index (Phi) is 7.79. The van der Waals surface area contributed by atoms with Crippen LogP contribution >= 0.6 is 11.6 Å². The standard InChI is InChI=1S/C26H32ClN7O2/c1-17-12-29-26(31-21-7-9-36-10-8-21)33-24(17)34-15-23(30-16-34)25(35)32-22(14-28-13-18-5-6-18)19-3-2-4-20(27)11-19/h2-4,11-12,15-16,18,21-22,28H,5-10,13-14H2,1H3,(H,32,35)(H,29,31,33)/t22-/m1/s1. The predicted octanol–water partition coefficient (Wildman–Crippen LogP) is 3.69. The van der Waals surface area contributed by atoms with E-state index in [1.807, 2.05) is 31.2 Å². The number of hydrogen-bond donors (Lipinski definition) is 3. The number of rotatable bonds is 10. The number of carbonyl (C=O) groups is 1. The normalized spacial score (nSPS) is 17.1. The van der Waals surface area contributed by atoms with E-state index in [2.05, 4.69) is 25.9 Å². The molecule has 2 aromatic heterocycles. The van der Waals surface area contributed by atoms with Crippen LogP contribution in [0.1, 0.15) is 53.3 Å². The van der Waals surface area contributed by atoms with E-state index >= 15 is 0 Å². The first-order valence-electron chi connectivity index (χ1n) is 12.5. The third kappa shape index (κ3) is 6.40. The summed E-state index contributed by atoms with van der Waals surface area (Å²) in [7, 11) is 0. The molecule has 0 unspecified atom stereocenters. The van der Waals surface area contributed by atoms with Crippen LogP contribution in [0, 0.1) is 12.8 Å². The van der Waals surface area contributed by atoms with Crippen molar-refractivity contribution in [3.8, 4) is 5.82 Å². The van der Waals surface area contributed by atoms with Crippen LogP contribution in [-0.2, 0) is 4.74 Å². The van der Waals surface area contributed by atoms with E-state index in [1.165, 1.54) is 12.8 Å². The Morgan fingerprint density at radius 1 is 1.22 bits per heavy atom. The Morgan fingerprint density at radius 3 is 2.83 bits per heavy atom. The summed E-state index contributed by atoms with van der Waals surface area (Å²) >= 11 is 6.22. The smallest absolute Gasteiger partial charge is 0.272 e. The number of aryl methyl sites for hydroxylation is 1. The zero-order valence-corrected chi connectivity index (χ0v) is 21.2. The summed E-state index contributed by atoms with van der Waals surface area (Å²) in [6.45, 7) is 4.99. The molecule has 1 aromatic carbocycles. The molecule has 9 nitrogen and oxygen atoms in total. The second-order valence-corrected chi connectivity index (χ2v) is 10.0. The first-order valence-corrected chi connectivity index (χ1v) is 12.9. The molecule has 0 radical (unpaired) electrons. The number of aromatic nitrogens is 4. The van der Waals surface area contributed by atoms with Crippen LogP contribution in [-0.4, -0.2) is 57.8 Å². The molecular formula is C26H32ClN7O2. The minimum absolute atomic E-state index is 0.226. The summed E-state index contributed by atoms with van der Waals surface area (Å²) in [6, 6.07) is 7.66. The van der Waals surface area contributed by atoms with Gasteiger partial charge >= 0.3 is 0 Å². The zero-order valence-electron chi connectivity index (χ0n) is 20.4. The quantitative estimate of drug-likeness (QED) is 0.382. The number of nitrogens with one attached hydrogen (secondary N) is 3. The fourth-order valence-corrected chi connectivity index (χ4v) is 4.50. The second-order valence-electron chi connectivity index (χ2n) is 9.58. The number of amides is 1. The lowest BCUT2D eigenvalue weighted by Gasteiger charge is -2.23. The molecule has 0 bridgehead atoms. The molecule has 1 saturated heterocycles. The Hall–Kier alpha value is -3.01. The van der Waals surface area contributed by atoms with Crippen molar-refractivity contribution in [2.45, 2.75) is 44.7 Å². The average molecular weight is 510 g/mol. The molecule has 1 aliphatic carbocycles. The zero-order chi connectivity index (χ0) is 24.9. The fourth-order valence-electron chi connectivity index (χ4n) is 4.31. The molecule has 36 heavy (non-hydrogen) atoms. The Morgan fingerprint density at radius 2 is 2.06 bits per heavy atom. The van der Waals surface area contributed by atoms with Gasteiger partial charge in [-0.1, -0.05) is 23.7 Å². The number of nitrogens with zero attached hydrogens (tertiary/aromatic N) is 4. The summed E-state index contributed by atoms with van der Waals surface area (Å²) in [5.74, 6) is 1.74. The maximum Gasteiger partial charge on any atom is 0.272 e. The molecule has 1 aliphatic heterocycles. The van der Waals surface area contributed by atoms with Gasteiger partial charge in [0.1, 0.15) is 17.8 Å². The van der Waals surface area contributed by atoms with Gasteiger partial charge in [-0.3, -0.25) is 9.36 Å². The van der Waals surface area contributed by atoms with Gasteiger partial charge in [0.05, 0.1) is 6.04 Å². The summed E-state index contributed by atoms with van der Waals surface area (Å²) in [6.07, 6.45) is 9.49. The first kappa shape index (κ1) is 24.7. The molecule has 3 heterocycles. The van der Waals surface area contributed by atoms with E-state index in [9.17, 15) is 4.79 Å². The molecule has 3 N–H and O–H groups in total. The summed E-state index contributed by atoms with van der Waals surface area (Å²) in [5.41, 5.74) is 2.16. The summed E-state index contributed by atoms with van der Waals surface area (Å²) < 4.78 is 7.19. The van der Waals surface area contributed by atoms with Crippen molar-refractivity contribution < 1.29 is 9.53 Å². The van der Waals surface area contributed by atoms with Crippen molar-refractivity contribution in [1.29, 1.82) is 0 Å². The van der Waals surface area contributed by atoms with Crippen LogP contribution in [0.4, 0.5) is 5.95 Å². The Bertz CT molecular complexity index is 1190. The van der Waals surface area contributed by atoms with Crippen molar-refractivity contribution in [3.05, 3.63) is 64.8 Å². The van der Waals surface area contributed by atoms with Crippen LogP contribution < -0.4 is 16.0 Å². The fraction of sp³-hybridized carbons (Fsp3) is 0.462. The van der Waals surface area contributed by atoms with Crippen LogP contribution in [0.3, 0.4) is 0 Å². The van der Waals surface area contributed by atoms with Crippen LogP contribution in [0.15, 0.2) is 43.0 Å². The van der Waals surface area contributed by atoms with E-state index in [4.69, 9.17) is 21.3 Å². The lowest BCUT2D eigenvalue weighted by molar-refractivity contribution is 0.0903. The number of carbonyl (C=O) groups excluding carboxylic acids is 1. The maximum atomic E-state index is 13.2. The molecule has 3 aromatic rings. The van der Waals surface area contributed by atoms with Crippen LogP contribution in [0.2, 0.25) is 5.02 Å². The van der Waals surface area contributed by atoms with Gasteiger partial charge in [-0.2, -0.15) is 4.98 Å². The molecule has 5 rings (SSSR count). The highest BCUT2D eigenvalue weighted by molar-refractivity contribution is 6.30. The molecule has 1 atom stereocenters. The molecule has 2 aliphatic rings. The third-order valence-electron chi connectivity index (χ3n) is 6.59. The van der Waals surface area contributed by atoms with E-state index in [0.29, 0.717) is 29.0 Å². The van der Waals surface area contributed by atoms with E-state index in [1.54, 1.807) is 23.3 Å². The van der Waals surface area contributed by atoms with Crippen LogP contribution in [0.5, 0.6) is 0 Å². The highest BCUT2D eigenvalue weighted by Gasteiger charge is 2.23. The molecule has 10 heteroatoms. The lowest BCUT2D eigenvalue weighted by Crippen LogP contribution is -2.36. The Labute approximate surface area is 216 Å². The van der Waals surface area contributed by atoms with Crippen molar-refractivity contribution in [3.63, 3.8) is 0 Å². The minimum atomic E-state index is -0.251. The van der Waals surface area contributed by atoms with Gasteiger partial charge in [-0.05, 0) is 62.8 Å². The highest BCUT2D eigenvalue weighted by Crippen LogP contribution is 2.28. The van der Waals surface area contributed by atoms with Gasteiger partial charge in [0.2, 0.25) is 5.95 Å². The molecule has 0 spiro atoms. The number of halogens is 1. The van der Waals surface area contributed by atoms with E-state index in [0.717, 1.165) is 49.6 Å². The number of hydrogen-bond acceptors (Lipinski definition) is 7. The van der Waals surface area contributed by atoms with Gasteiger partial charge in [-0.15, -0.1) is 0 Å². The SMILES string of the molecule is Cc1cnc(NC2CCOCC2)nc1-n1cnc(C(=O)N[C@H](CNCC2CC2)c2cccc(Cl)c2)c1. The van der Waals surface area contributed by atoms with E-state index in [-0.39, 0.29) is 18.0 Å². The van der Waals surface area contributed by atoms with Gasteiger partial charge in [0, 0.05) is 48.8 Å². The Balaban J connectivity index is 1.29. The van der Waals surface area contributed by atoms with Crippen molar-refractivity contribution in [1.82, 2.24) is 30.2 Å². The molecular weight excluding hydrogens is 478 g/mol. The van der Waals surface area contributed by atoms with Crippen molar-refractivity contribution in [2.75, 3.05) is 31.6 Å². The molecule has 190 valence electrons. The van der Waals surface area contributed by atoms with Crippen LogP contribution in [0.25, 0.3) is 5.82 Å². The van der Waals surface area contributed by atoms with Gasteiger partial charge in [0.25, 0.3) is 5.91 Å². The maximum absolute atomic E-state index is 13.2. The van der Waals surface area contributed by atoms with Crippen molar-refractivity contribution in [2.24, 2.45) is 5.92 Å². The van der Waals surface area contributed by atoms with Gasteiger partial charge in [-0.25, -0.2) is 9.97 Å². The molecule has 1 saturated carbocycles. The highest BCUT2D eigenvalue weighted by atomic mass is 35.5. The van der Waals surface area contributed by atoms with Crippen molar-refractivity contribution >= 4 is 23.5 Å². The molecule has 2 fully saturated rings. The topological polar surface area (TPSA) is 106 Å². The predicted molar refractivity (Wildman–Crippen MR) is 139 cm³/mol. The third-order valence-corrected chi connectivity index (χ3v) is 6.83. The van der Waals surface area contributed by atoms with Gasteiger partial charge in [0.15, 0.2) is 0 Å². The van der Waals surface area contributed by atoms with Gasteiger partial charge < -0.3 is 20.7 Å². The summed E-state index contributed by atoms with van der Waals surface area (Å²) in [4.78, 5) is 26.7. The number of imidazole rings is 1. The first-order chi connectivity index (χ1) is 17.5. The monoisotopic (exact) mass is 509 g/mol.